The SMILES string of the molecule is C=C1CCCC[C@@H]1C. The molecule has 1 aliphatic rings. The second kappa shape index (κ2) is 2.34. The second-order valence-corrected chi connectivity index (χ2v) is 2.81. The summed E-state index contributed by atoms with van der Waals surface area (Å²) < 4.78 is 0. The normalized spacial score (nSPS) is 30.6. The van der Waals surface area contributed by atoms with Crippen LogP contribution in [0.3, 0.4) is 0 Å². The zero-order valence-corrected chi connectivity index (χ0v) is 5.61. The lowest BCUT2D eigenvalue weighted by Crippen LogP contribution is -2.03. The summed E-state index contributed by atoms with van der Waals surface area (Å²) in [5, 5.41) is 0. The van der Waals surface area contributed by atoms with E-state index in [2.05, 4.69) is 13.5 Å². The molecule has 0 heterocycles. The van der Waals surface area contributed by atoms with Crippen LogP contribution >= 0.6 is 0 Å². The minimum Gasteiger partial charge on any atom is -0.0996 e. The molecule has 1 aliphatic carbocycles. The van der Waals surface area contributed by atoms with Crippen LogP contribution in [0.2, 0.25) is 0 Å². The minimum absolute atomic E-state index is 0.809. The van der Waals surface area contributed by atoms with E-state index in [0.717, 1.165) is 5.92 Å². The first kappa shape index (κ1) is 5.87. The fraction of sp³-hybridized carbons (Fsp3) is 0.750. The van der Waals surface area contributed by atoms with Gasteiger partial charge in [0.05, 0.1) is 0 Å². The van der Waals surface area contributed by atoms with Crippen LogP contribution in [-0.4, -0.2) is 0 Å². The van der Waals surface area contributed by atoms with Gasteiger partial charge < -0.3 is 0 Å². The maximum atomic E-state index is 4.00. The Kier molecular flexibility index (Phi) is 1.72. The third-order valence-electron chi connectivity index (χ3n) is 2.08. The molecule has 0 saturated heterocycles. The largest absolute Gasteiger partial charge is 0.0996 e. The highest BCUT2D eigenvalue weighted by Crippen LogP contribution is 2.26. The van der Waals surface area contributed by atoms with Crippen molar-refractivity contribution >= 4 is 0 Å². The van der Waals surface area contributed by atoms with Crippen LogP contribution in [0.5, 0.6) is 0 Å². The molecule has 1 fully saturated rings. The van der Waals surface area contributed by atoms with Gasteiger partial charge in [0.2, 0.25) is 0 Å². The standard InChI is InChI=1S/C8H14/c1-7-5-3-4-6-8(7)2/h8H,1,3-6H2,2H3/t8-/m0/s1. The summed E-state index contributed by atoms with van der Waals surface area (Å²) in [6, 6.07) is 0. The molecule has 0 bridgehead atoms. The minimum atomic E-state index is 0.809. The number of hydrogen-bond donors (Lipinski definition) is 0. The Morgan fingerprint density at radius 3 is 2.62 bits per heavy atom. The summed E-state index contributed by atoms with van der Waals surface area (Å²) in [6.45, 7) is 6.27. The summed E-state index contributed by atoms with van der Waals surface area (Å²) in [7, 11) is 0. The number of hydrogen-bond acceptors (Lipinski definition) is 0. The van der Waals surface area contributed by atoms with Crippen LogP contribution in [0.1, 0.15) is 32.6 Å². The van der Waals surface area contributed by atoms with Crippen LogP contribution in [0.4, 0.5) is 0 Å². The van der Waals surface area contributed by atoms with Gasteiger partial charge in [-0.1, -0.05) is 25.5 Å². The average molecular weight is 110 g/mol. The molecular weight excluding hydrogens is 96.1 g/mol. The maximum Gasteiger partial charge on any atom is -0.0234 e. The lowest BCUT2D eigenvalue weighted by Gasteiger charge is -2.19. The highest BCUT2D eigenvalue weighted by molar-refractivity contribution is 5.01. The van der Waals surface area contributed by atoms with Crippen LogP contribution < -0.4 is 0 Å². The molecular formula is C8H14. The lowest BCUT2D eigenvalue weighted by atomic mass is 9.87. The highest BCUT2D eigenvalue weighted by Gasteiger charge is 2.10. The molecule has 0 unspecified atom stereocenters. The van der Waals surface area contributed by atoms with Crippen molar-refractivity contribution in [3.63, 3.8) is 0 Å². The Morgan fingerprint density at radius 2 is 2.25 bits per heavy atom. The third kappa shape index (κ3) is 1.12. The molecule has 0 N–H and O–H groups in total. The molecule has 1 atom stereocenters. The van der Waals surface area contributed by atoms with E-state index in [1.54, 1.807) is 0 Å². The summed E-state index contributed by atoms with van der Waals surface area (Å²) in [6.07, 6.45) is 5.45. The summed E-state index contributed by atoms with van der Waals surface area (Å²) in [5.74, 6) is 0.809. The molecule has 0 aromatic carbocycles. The van der Waals surface area contributed by atoms with Crippen molar-refractivity contribution < 1.29 is 0 Å². The second-order valence-electron chi connectivity index (χ2n) is 2.81. The van der Waals surface area contributed by atoms with Gasteiger partial charge >= 0.3 is 0 Å². The summed E-state index contributed by atoms with van der Waals surface area (Å²) in [4.78, 5) is 0. The molecule has 46 valence electrons. The molecule has 0 nitrogen and oxygen atoms in total. The first-order valence-corrected chi connectivity index (χ1v) is 3.48. The predicted molar refractivity (Wildman–Crippen MR) is 36.8 cm³/mol. The lowest BCUT2D eigenvalue weighted by molar-refractivity contribution is 0.486. The van der Waals surface area contributed by atoms with Gasteiger partial charge in [-0.05, 0) is 25.2 Å². The molecule has 0 amide bonds. The van der Waals surface area contributed by atoms with Gasteiger partial charge in [0, 0.05) is 0 Å². The van der Waals surface area contributed by atoms with Gasteiger partial charge in [-0.15, -0.1) is 0 Å². The van der Waals surface area contributed by atoms with Crippen molar-refractivity contribution in [3.05, 3.63) is 12.2 Å². The van der Waals surface area contributed by atoms with E-state index in [1.807, 2.05) is 0 Å². The molecule has 0 aromatic rings. The molecule has 0 heteroatoms. The van der Waals surface area contributed by atoms with E-state index < -0.39 is 0 Å². The molecule has 0 aliphatic heterocycles. The third-order valence-corrected chi connectivity index (χ3v) is 2.08. The number of rotatable bonds is 0. The zero-order chi connectivity index (χ0) is 5.98. The van der Waals surface area contributed by atoms with E-state index >= 15 is 0 Å². The first-order valence-electron chi connectivity index (χ1n) is 3.48. The van der Waals surface area contributed by atoms with Gasteiger partial charge in [-0.2, -0.15) is 0 Å². The van der Waals surface area contributed by atoms with E-state index in [9.17, 15) is 0 Å². The molecule has 1 rings (SSSR count). The van der Waals surface area contributed by atoms with Crippen molar-refractivity contribution in [2.75, 3.05) is 0 Å². The van der Waals surface area contributed by atoms with E-state index in [0.29, 0.717) is 0 Å². The van der Waals surface area contributed by atoms with Crippen LogP contribution in [-0.2, 0) is 0 Å². The van der Waals surface area contributed by atoms with E-state index in [-0.39, 0.29) is 0 Å². The Bertz CT molecular complexity index is 92.2. The van der Waals surface area contributed by atoms with Crippen molar-refractivity contribution in [2.24, 2.45) is 5.92 Å². The van der Waals surface area contributed by atoms with Gasteiger partial charge in [0.25, 0.3) is 0 Å². The quantitative estimate of drug-likeness (QED) is 0.420. The van der Waals surface area contributed by atoms with Gasteiger partial charge in [-0.3, -0.25) is 0 Å². The average Bonchev–Trinajstić information content (AvgIpc) is 1.77. The molecule has 8 heavy (non-hydrogen) atoms. The van der Waals surface area contributed by atoms with E-state index in [4.69, 9.17) is 0 Å². The molecule has 0 spiro atoms. The summed E-state index contributed by atoms with van der Waals surface area (Å²) >= 11 is 0. The molecule has 0 radical (unpaired) electrons. The Balaban J connectivity index is 2.39. The van der Waals surface area contributed by atoms with Crippen molar-refractivity contribution in [1.82, 2.24) is 0 Å². The van der Waals surface area contributed by atoms with Crippen molar-refractivity contribution in [1.29, 1.82) is 0 Å². The highest BCUT2D eigenvalue weighted by atomic mass is 14.2. The Hall–Kier alpha value is -0.260. The predicted octanol–water partition coefficient (Wildman–Crippen LogP) is 2.75. The fourth-order valence-electron chi connectivity index (χ4n) is 1.25. The molecule has 0 aromatic heterocycles. The van der Waals surface area contributed by atoms with Crippen molar-refractivity contribution in [2.45, 2.75) is 32.6 Å². The smallest absolute Gasteiger partial charge is 0.0234 e. The zero-order valence-electron chi connectivity index (χ0n) is 5.61. The van der Waals surface area contributed by atoms with Gasteiger partial charge in [0.15, 0.2) is 0 Å². The maximum absolute atomic E-state index is 4.00. The van der Waals surface area contributed by atoms with E-state index in [1.165, 1.54) is 31.3 Å². The monoisotopic (exact) mass is 110 g/mol. The number of allylic oxidation sites excluding steroid dienone is 1. The molecule has 1 saturated carbocycles. The van der Waals surface area contributed by atoms with Crippen LogP contribution in [0.15, 0.2) is 12.2 Å². The topological polar surface area (TPSA) is 0 Å². The van der Waals surface area contributed by atoms with Gasteiger partial charge in [-0.25, -0.2) is 0 Å². The first-order chi connectivity index (χ1) is 3.80. The summed E-state index contributed by atoms with van der Waals surface area (Å²) in [5.41, 5.74) is 1.47. The van der Waals surface area contributed by atoms with Crippen molar-refractivity contribution in [3.8, 4) is 0 Å². The van der Waals surface area contributed by atoms with Crippen LogP contribution in [0, 0.1) is 5.92 Å². The Morgan fingerprint density at radius 1 is 1.50 bits per heavy atom. The Labute approximate surface area is 51.6 Å². The van der Waals surface area contributed by atoms with Gasteiger partial charge in [0.1, 0.15) is 0 Å². The van der Waals surface area contributed by atoms with Crippen LogP contribution in [0.25, 0.3) is 0 Å². The fourth-order valence-corrected chi connectivity index (χ4v) is 1.25.